The molecule has 1 aromatic carbocycles. The van der Waals surface area contributed by atoms with E-state index in [4.69, 9.17) is 4.74 Å². The molecule has 4 rings (SSSR count). The maximum Gasteiger partial charge on any atom is 0.225 e. The van der Waals surface area contributed by atoms with Crippen molar-refractivity contribution in [2.75, 3.05) is 18.1 Å². The van der Waals surface area contributed by atoms with E-state index < -0.39 is 17.5 Å². The molecule has 0 saturated carbocycles. The summed E-state index contributed by atoms with van der Waals surface area (Å²) in [4.78, 5) is 15.2. The van der Waals surface area contributed by atoms with Crippen molar-refractivity contribution in [2.24, 2.45) is 0 Å². The number of thiol groups is 1. The zero-order valence-corrected chi connectivity index (χ0v) is 16.8. The Bertz CT molecular complexity index is 1010. The number of nitrogens with zero attached hydrogens (tertiary/aromatic N) is 4. The fourth-order valence-corrected chi connectivity index (χ4v) is 3.83. The maximum atomic E-state index is 13.8. The lowest BCUT2D eigenvalue weighted by Gasteiger charge is -2.24. The molecule has 3 aromatic rings. The van der Waals surface area contributed by atoms with E-state index in [9.17, 15) is 13.2 Å². The lowest BCUT2D eigenvalue weighted by Crippen LogP contribution is -2.34. The normalized spacial score (nSPS) is 18.7. The third-order valence-electron chi connectivity index (χ3n) is 4.91. The monoisotopic (exact) mass is 432 g/mol. The SMILES string of the molecule is Fc1cc(F)c(COC[C@@H]2C[C@@H](S)CN2c2ncc(-c3ccccn3)cn2)cc1F. The van der Waals surface area contributed by atoms with Crippen molar-refractivity contribution >= 4 is 18.6 Å². The highest BCUT2D eigenvalue weighted by Gasteiger charge is 2.32. The van der Waals surface area contributed by atoms with Crippen molar-refractivity contribution in [3.8, 4) is 11.3 Å². The van der Waals surface area contributed by atoms with Gasteiger partial charge in [-0.2, -0.15) is 12.6 Å². The van der Waals surface area contributed by atoms with E-state index in [2.05, 4.69) is 27.6 Å². The molecular formula is C21H19F3N4OS. The van der Waals surface area contributed by atoms with Crippen LogP contribution in [-0.2, 0) is 11.3 Å². The van der Waals surface area contributed by atoms with Crippen molar-refractivity contribution in [3.05, 3.63) is 71.9 Å². The molecule has 0 radical (unpaired) electrons. The predicted octanol–water partition coefficient (Wildman–Crippen LogP) is 4.05. The number of pyridine rings is 1. The minimum atomic E-state index is -1.22. The van der Waals surface area contributed by atoms with E-state index in [1.54, 1.807) is 18.6 Å². The Hall–Kier alpha value is -2.65. The number of halogens is 3. The van der Waals surface area contributed by atoms with E-state index in [1.165, 1.54) is 0 Å². The van der Waals surface area contributed by atoms with Crippen LogP contribution in [0, 0.1) is 17.5 Å². The van der Waals surface area contributed by atoms with Crippen LogP contribution in [-0.4, -0.2) is 39.4 Å². The van der Waals surface area contributed by atoms with Crippen molar-refractivity contribution in [1.82, 2.24) is 15.0 Å². The van der Waals surface area contributed by atoms with Gasteiger partial charge < -0.3 is 9.64 Å². The van der Waals surface area contributed by atoms with Gasteiger partial charge in [0.2, 0.25) is 5.95 Å². The fraction of sp³-hybridized carbons (Fsp3) is 0.286. The second kappa shape index (κ2) is 9.01. The standard InChI is InChI=1S/C21H19F3N4OS/c22-17-7-19(24)18(23)5-13(17)11-29-12-15-6-16(30)10-28(15)21-26-8-14(9-27-21)20-3-1-2-4-25-20/h1-5,7-9,15-16,30H,6,10-12H2/t15-,16+/m0/s1. The molecule has 0 unspecified atom stereocenters. The van der Waals surface area contributed by atoms with Gasteiger partial charge in [0.25, 0.3) is 0 Å². The third-order valence-corrected chi connectivity index (χ3v) is 5.28. The van der Waals surface area contributed by atoms with Crippen LogP contribution in [0.2, 0.25) is 0 Å². The Morgan fingerprint density at radius 3 is 2.53 bits per heavy atom. The number of rotatable bonds is 6. The van der Waals surface area contributed by atoms with Gasteiger partial charge in [-0.25, -0.2) is 23.1 Å². The van der Waals surface area contributed by atoms with Gasteiger partial charge in [-0.3, -0.25) is 4.98 Å². The molecule has 0 spiro atoms. The number of hydrogen-bond acceptors (Lipinski definition) is 6. The number of benzene rings is 1. The molecule has 2 atom stereocenters. The molecule has 0 aliphatic carbocycles. The Morgan fingerprint density at radius 1 is 1.03 bits per heavy atom. The van der Waals surface area contributed by atoms with Crippen molar-refractivity contribution in [1.29, 1.82) is 0 Å². The molecule has 1 aliphatic rings. The zero-order valence-electron chi connectivity index (χ0n) is 15.9. The van der Waals surface area contributed by atoms with E-state index in [0.717, 1.165) is 23.7 Å². The van der Waals surface area contributed by atoms with Gasteiger partial charge >= 0.3 is 0 Å². The molecule has 1 fully saturated rings. The molecule has 1 aliphatic heterocycles. The molecule has 0 N–H and O–H groups in total. The Morgan fingerprint density at radius 2 is 1.80 bits per heavy atom. The smallest absolute Gasteiger partial charge is 0.225 e. The molecule has 3 heterocycles. The predicted molar refractivity (Wildman–Crippen MR) is 110 cm³/mol. The third kappa shape index (κ3) is 4.57. The second-order valence-corrected chi connectivity index (χ2v) is 7.79. The highest BCUT2D eigenvalue weighted by Crippen LogP contribution is 2.27. The minimum absolute atomic E-state index is 0.0307. The van der Waals surface area contributed by atoms with Crippen molar-refractivity contribution in [3.63, 3.8) is 0 Å². The lowest BCUT2D eigenvalue weighted by molar-refractivity contribution is 0.106. The average molecular weight is 432 g/mol. The first-order valence-electron chi connectivity index (χ1n) is 9.40. The molecule has 30 heavy (non-hydrogen) atoms. The number of anilines is 1. The summed E-state index contributed by atoms with van der Waals surface area (Å²) >= 11 is 4.56. The van der Waals surface area contributed by atoms with Crippen LogP contribution in [0.15, 0.2) is 48.9 Å². The zero-order chi connectivity index (χ0) is 21.1. The van der Waals surface area contributed by atoms with Crippen molar-refractivity contribution < 1.29 is 17.9 Å². The van der Waals surface area contributed by atoms with Gasteiger partial charge in [0, 0.05) is 47.6 Å². The Kier molecular flexibility index (Phi) is 6.19. The first-order valence-corrected chi connectivity index (χ1v) is 9.92. The van der Waals surface area contributed by atoms with Gasteiger partial charge in [0.05, 0.1) is 24.9 Å². The van der Waals surface area contributed by atoms with Crippen LogP contribution in [0.4, 0.5) is 19.1 Å². The van der Waals surface area contributed by atoms with Crippen LogP contribution in [0.25, 0.3) is 11.3 Å². The van der Waals surface area contributed by atoms with E-state index in [-0.39, 0.29) is 30.1 Å². The van der Waals surface area contributed by atoms with Crippen molar-refractivity contribution in [2.45, 2.75) is 24.3 Å². The minimum Gasteiger partial charge on any atom is -0.375 e. The highest BCUT2D eigenvalue weighted by atomic mass is 32.1. The average Bonchev–Trinajstić information content (AvgIpc) is 3.13. The molecule has 0 amide bonds. The summed E-state index contributed by atoms with van der Waals surface area (Å²) in [6.45, 7) is 0.727. The summed E-state index contributed by atoms with van der Waals surface area (Å²) in [5.74, 6) is -2.62. The summed E-state index contributed by atoms with van der Waals surface area (Å²) in [5.41, 5.74) is 1.56. The van der Waals surface area contributed by atoms with Crippen LogP contribution >= 0.6 is 12.6 Å². The summed E-state index contributed by atoms with van der Waals surface area (Å²) < 4.78 is 45.8. The van der Waals surface area contributed by atoms with Gasteiger partial charge in [0.1, 0.15) is 5.82 Å². The fourth-order valence-electron chi connectivity index (χ4n) is 3.41. The van der Waals surface area contributed by atoms with Gasteiger partial charge in [-0.05, 0) is 24.6 Å². The number of aromatic nitrogens is 3. The second-order valence-electron chi connectivity index (χ2n) is 7.06. The molecule has 9 heteroatoms. The van der Waals surface area contributed by atoms with Gasteiger partial charge in [-0.15, -0.1) is 0 Å². The quantitative estimate of drug-likeness (QED) is 0.471. The summed E-state index contributed by atoms with van der Waals surface area (Å²) in [6, 6.07) is 6.89. The highest BCUT2D eigenvalue weighted by molar-refractivity contribution is 7.81. The van der Waals surface area contributed by atoms with E-state index in [1.807, 2.05) is 23.1 Å². The summed E-state index contributed by atoms with van der Waals surface area (Å²) in [5, 5.41) is 0.109. The molecular weight excluding hydrogens is 413 g/mol. The maximum absolute atomic E-state index is 13.8. The number of hydrogen-bond donors (Lipinski definition) is 1. The topological polar surface area (TPSA) is 51.1 Å². The molecule has 0 bridgehead atoms. The van der Waals surface area contributed by atoms with Crippen LogP contribution in [0.3, 0.4) is 0 Å². The van der Waals surface area contributed by atoms with Crippen LogP contribution < -0.4 is 4.90 Å². The Balaban J connectivity index is 1.42. The van der Waals surface area contributed by atoms with E-state index in [0.29, 0.717) is 18.6 Å². The first kappa shape index (κ1) is 20.6. The molecule has 5 nitrogen and oxygen atoms in total. The molecule has 156 valence electrons. The largest absolute Gasteiger partial charge is 0.375 e. The lowest BCUT2D eigenvalue weighted by atomic mass is 10.2. The van der Waals surface area contributed by atoms with Crippen LogP contribution in [0.1, 0.15) is 12.0 Å². The van der Waals surface area contributed by atoms with Crippen LogP contribution in [0.5, 0.6) is 0 Å². The molecule has 1 saturated heterocycles. The van der Waals surface area contributed by atoms with Gasteiger partial charge in [0.15, 0.2) is 11.6 Å². The Labute approximate surface area is 177 Å². The summed E-state index contributed by atoms with van der Waals surface area (Å²) in [6.07, 6.45) is 5.86. The molecule has 2 aromatic heterocycles. The van der Waals surface area contributed by atoms with Gasteiger partial charge in [-0.1, -0.05) is 6.07 Å². The first-order chi connectivity index (χ1) is 14.5. The number of ether oxygens (including phenoxy) is 1. The van der Waals surface area contributed by atoms with E-state index >= 15 is 0 Å². The summed E-state index contributed by atoms with van der Waals surface area (Å²) in [7, 11) is 0.